The Hall–Kier alpha value is -1.71. The van der Waals surface area contributed by atoms with E-state index in [1.807, 2.05) is 6.07 Å². The largest absolute Gasteiger partial charge is 0.363 e. The Morgan fingerprint density at radius 1 is 1.09 bits per heavy atom. The second kappa shape index (κ2) is 5.18. The summed E-state index contributed by atoms with van der Waals surface area (Å²) in [5.74, 6) is 0. The van der Waals surface area contributed by atoms with Gasteiger partial charge < -0.3 is 15.5 Å². The number of fused-ring (bicyclic) bond motifs is 5. The number of benzene rings is 2. The molecule has 2 atom stereocenters. The number of hydrogen-bond donors (Lipinski definition) is 1. The van der Waals surface area contributed by atoms with Crippen LogP contribution in [-0.2, 0) is 0 Å². The van der Waals surface area contributed by atoms with Crippen LogP contribution in [0, 0.1) is 0 Å². The van der Waals surface area contributed by atoms with Gasteiger partial charge in [0.25, 0.3) is 0 Å². The fourth-order valence-electron chi connectivity index (χ4n) is 3.79. The molecule has 3 nitrogen and oxygen atoms in total. The van der Waals surface area contributed by atoms with Gasteiger partial charge in [-0.3, -0.25) is 0 Å². The highest BCUT2D eigenvalue weighted by Gasteiger charge is 2.34. The van der Waals surface area contributed by atoms with E-state index < -0.39 is 0 Å². The summed E-state index contributed by atoms with van der Waals surface area (Å²) >= 11 is 6.29. The minimum atomic E-state index is 0.253. The Morgan fingerprint density at radius 2 is 1.86 bits per heavy atom. The molecule has 0 bridgehead atoms. The maximum absolute atomic E-state index is 6.29. The first-order valence-electron chi connectivity index (χ1n) is 7.79. The van der Waals surface area contributed by atoms with E-state index in [1.165, 1.54) is 22.6 Å². The molecule has 2 unspecified atom stereocenters. The lowest BCUT2D eigenvalue weighted by Gasteiger charge is -2.39. The summed E-state index contributed by atoms with van der Waals surface area (Å²) in [6.45, 7) is 0.989. The summed E-state index contributed by atoms with van der Waals surface area (Å²) < 4.78 is 0. The number of piperidine rings is 1. The third-order valence-electron chi connectivity index (χ3n) is 4.91. The van der Waals surface area contributed by atoms with Gasteiger partial charge in [0.1, 0.15) is 0 Å². The van der Waals surface area contributed by atoms with Gasteiger partial charge in [0.2, 0.25) is 0 Å². The lowest BCUT2D eigenvalue weighted by Crippen LogP contribution is -2.41. The number of para-hydroxylation sites is 2. The minimum absolute atomic E-state index is 0.253. The van der Waals surface area contributed by atoms with Gasteiger partial charge in [-0.2, -0.15) is 0 Å². The van der Waals surface area contributed by atoms with Gasteiger partial charge in [-0.15, -0.1) is 0 Å². The fourth-order valence-corrected chi connectivity index (χ4v) is 3.97. The third kappa shape index (κ3) is 2.08. The zero-order valence-corrected chi connectivity index (χ0v) is 13.4. The average Bonchev–Trinajstić information content (AvgIpc) is 2.62. The number of anilines is 3. The molecule has 0 amide bonds. The number of halogens is 1. The molecule has 2 aliphatic rings. The van der Waals surface area contributed by atoms with Crippen molar-refractivity contribution in [3.05, 3.63) is 53.1 Å². The summed E-state index contributed by atoms with van der Waals surface area (Å²) in [6.07, 6.45) is 2.00. The number of nitrogens with zero attached hydrogens (tertiary/aromatic N) is 2. The predicted octanol–water partition coefficient (Wildman–Crippen LogP) is 4.09. The standard InChI is InChI=1S/C18H20ClN3/c1-21-15-7-6-12(19)10-14(15)18-11-13(20)8-9-22(18)17-5-3-2-4-16(17)21/h2-7,10,13,18H,8-9,11,20H2,1H3. The van der Waals surface area contributed by atoms with Crippen LogP contribution >= 0.6 is 11.6 Å². The van der Waals surface area contributed by atoms with E-state index in [2.05, 4.69) is 53.2 Å². The van der Waals surface area contributed by atoms with Gasteiger partial charge >= 0.3 is 0 Å². The second-order valence-electron chi connectivity index (χ2n) is 6.24. The van der Waals surface area contributed by atoms with E-state index in [0.717, 1.165) is 24.4 Å². The third-order valence-corrected chi connectivity index (χ3v) is 5.14. The maximum atomic E-state index is 6.29. The predicted molar refractivity (Wildman–Crippen MR) is 93.3 cm³/mol. The van der Waals surface area contributed by atoms with Crippen LogP contribution in [0.2, 0.25) is 5.02 Å². The van der Waals surface area contributed by atoms with Gasteiger partial charge in [-0.25, -0.2) is 0 Å². The van der Waals surface area contributed by atoms with Crippen molar-refractivity contribution in [1.82, 2.24) is 0 Å². The molecule has 0 spiro atoms. The van der Waals surface area contributed by atoms with Crippen molar-refractivity contribution in [2.75, 3.05) is 23.4 Å². The molecule has 1 fully saturated rings. The van der Waals surface area contributed by atoms with Gasteiger partial charge in [-0.05, 0) is 48.7 Å². The zero-order valence-electron chi connectivity index (χ0n) is 12.7. The lowest BCUT2D eigenvalue weighted by atomic mass is 9.91. The van der Waals surface area contributed by atoms with Crippen LogP contribution in [0.3, 0.4) is 0 Å². The van der Waals surface area contributed by atoms with E-state index in [9.17, 15) is 0 Å². The molecular weight excluding hydrogens is 294 g/mol. The van der Waals surface area contributed by atoms with Crippen LogP contribution in [0.15, 0.2) is 42.5 Å². The van der Waals surface area contributed by atoms with Gasteiger partial charge in [-0.1, -0.05) is 23.7 Å². The molecule has 4 heteroatoms. The van der Waals surface area contributed by atoms with Gasteiger partial charge in [0.15, 0.2) is 0 Å². The summed E-state index contributed by atoms with van der Waals surface area (Å²) in [7, 11) is 2.13. The van der Waals surface area contributed by atoms with Crippen LogP contribution in [0.25, 0.3) is 0 Å². The van der Waals surface area contributed by atoms with Crippen LogP contribution in [0.5, 0.6) is 0 Å². The van der Waals surface area contributed by atoms with Crippen molar-refractivity contribution in [3.8, 4) is 0 Å². The zero-order chi connectivity index (χ0) is 15.3. The van der Waals surface area contributed by atoms with Crippen LogP contribution in [0.1, 0.15) is 24.4 Å². The molecule has 0 aliphatic carbocycles. The summed E-state index contributed by atoms with van der Waals surface area (Å²) in [6, 6.07) is 15.4. The SMILES string of the molecule is CN1c2ccc(Cl)cc2C2CC(N)CCN2c2ccccc21. The first-order chi connectivity index (χ1) is 10.6. The van der Waals surface area contributed by atoms with E-state index in [1.54, 1.807) is 0 Å². The molecule has 1 saturated heterocycles. The molecule has 0 aromatic heterocycles. The molecular formula is C18H20ClN3. The normalized spacial score (nSPS) is 23.4. The average molecular weight is 314 g/mol. The van der Waals surface area contributed by atoms with Crippen molar-refractivity contribution in [1.29, 1.82) is 0 Å². The Bertz CT molecular complexity index is 715. The number of rotatable bonds is 0. The first kappa shape index (κ1) is 13.9. The maximum Gasteiger partial charge on any atom is 0.0646 e. The monoisotopic (exact) mass is 313 g/mol. The van der Waals surface area contributed by atoms with E-state index >= 15 is 0 Å². The molecule has 22 heavy (non-hydrogen) atoms. The highest BCUT2D eigenvalue weighted by Crippen LogP contribution is 2.47. The Balaban J connectivity index is 1.96. The topological polar surface area (TPSA) is 32.5 Å². The molecule has 0 radical (unpaired) electrons. The van der Waals surface area contributed by atoms with E-state index in [-0.39, 0.29) is 6.04 Å². The van der Waals surface area contributed by atoms with E-state index in [0.29, 0.717) is 6.04 Å². The molecule has 2 aromatic rings. The van der Waals surface area contributed by atoms with Crippen LogP contribution < -0.4 is 15.5 Å². The number of nitrogens with two attached hydrogens (primary N) is 1. The molecule has 2 aromatic carbocycles. The highest BCUT2D eigenvalue weighted by atomic mass is 35.5. The van der Waals surface area contributed by atoms with Crippen LogP contribution in [-0.4, -0.2) is 19.6 Å². The Labute approximate surface area is 136 Å². The molecule has 114 valence electrons. The van der Waals surface area contributed by atoms with Gasteiger partial charge in [0.05, 0.1) is 17.4 Å². The highest BCUT2D eigenvalue weighted by molar-refractivity contribution is 6.30. The quantitative estimate of drug-likeness (QED) is 0.795. The van der Waals surface area contributed by atoms with Crippen molar-refractivity contribution in [2.24, 2.45) is 5.73 Å². The Kier molecular flexibility index (Phi) is 3.28. The minimum Gasteiger partial charge on any atom is -0.363 e. The van der Waals surface area contributed by atoms with Crippen LogP contribution in [0.4, 0.5) is 17.1 Å². The summed E-state index contributed by atoms with van der Waals surface area (Å²) in [5, 5.41) is 0.789. The van der Waals surface area contributed by atoms with Crippen molar-refractivity contribution >= 4 is 28.7 Å². The number of hydrogen-bond acceptors (Lipinski definition) is 3. The fraction of sp³-hybridized carbons (Fsp3) is 0.333. The molecule has 2 heterocycles. The smallest absolute Gasteiger partial charge is 0.0646 e. The summed E-state index contributed by atoms with van der Waals surface area (Å²) in [5.41, 5.74) is 11.3. The van der Waals surface area contributed by atoms with Crippen molar-refractivity contribution in [3.63, 3.8) is 0 Å². The lowest BCUT2D eigenvalue weighted by molar-refractivity contribution is 0.421. The van der Waals surface area contributed by atoms with Crippen molar-refractivity contribution < 1.29 is 0 Å². The first-order valence-corrected chi connectivity index (χ1v) is 8.17. The van der Waals surface area contributed by atoms with E-state index in [4.69, 9.17) is 17.3 Å². The molecule has 2 aliphatic heterocycles. The molecule has 4 rings (SSSR count). The van der Waals surface area contributed by atoms with Crippen molar-refractivity contribution in [2.45, 2.75) is 24.9 Å². The molecule has 2 N–H and O–H groups in total. The summed E-state index contributed by atoms with van der Waals surface area (Å²) in [4.78, 5) is 4.77. The second-order valence-corrected chi connectivity index (χ2v) is 6.68. The van der Waals surface area contributed by atoms with Gasteiger partial charge in [0, 0.05) is 30.3 Å². The molecule has 0 saturated carbocycles. The Morgan fingerprint density at radius 3 is 2.68 bits per heavy atom.